The maximum atomic E-state index is 5.63. The highest BCUT2D eigenvalue weighted by molar-refractivity contribution is 5.61. The second-order valence-corrected chi connectivity index (χ2v) is 3.79. The van der Waals surface area contributed by atoms with Gasteiger partial charge in [-0.1, -0.05) is 6.92 Å². The van der Waals surface area contributed by atoms with Crippen LogP contribution in [0.3, 0.4) is 0 Å². The van der Waals surface area contributed by atoms with Gasteiger partial charge < -0.3 is 9.72 Å². The van der Waals surface area contributed by atoms with Crippen LogP contribution < -0.4 is 4.74 Å². The van der Waals surface area contributed by atoms with Crippen molar-refractivity contribution in [3.05, 3.63) is 36.3 Å². The number of ether oxygens (including phenoxy) is 1. The van der Waals surface area contributed by atoms with E-state index in [4.69, 9.17) is 4.74 Å². The molecule has 0 aliphatic heterocycles. The number of aromatic amines is 1. The van der Waals surface area contributed by atoms with Gasteiger partial charge in [0, 0.05) is 5.56 Å². The molecule has 2 aromatic rings. The van der Waals surface area contributed by atoms with E-state index in [1.807, 2.05) is 18.3 Å². The van der Waals surface area contributed by atoms with Crippen molar-refractivity contribution in [3.63, 3.8) is 0 Å². The number of aryl methyl sites for hydroxylation is 1. The van der Waals surface area contributed by atoms with E-state index >= 15 is 0 Å². The molecule has 0 saturated heterocycles. The van der Waals surface area contributed by atoms with Gasteiger partial charge in [-0.15, -0.1) is 0 Å². The molecule has 0 aliphatic rings. The van der Waals surface area contributed by atoms with Gasteiger partial charge in [-0.05, 0) is 37.1 Å². The molecule has 1 aromatic carbocycles. The minimum absolute atomic E-state index is 0.768. The third-order valence-corrected chi connectivity index (χ3v) is 2.45. The zero-order valence-electron chi connectivity index (χ0n) is 9.66. The second kappa shape index (κ2) is 4.84. The first kappa shape index (κ1) is 10.7. The summed E-state index contributed by atoms with van der Waals surface area (Å²) in [6.45, 7) is 4.93. The summed E-state index contributed by atoms with van der Waals surface area (Å²) in [4.78, 5) is 7.10. The molecule has 0 bridgehead atoms. The van der Waals surface area contributed by atoms with Gasteiger partial charge in [0.2, 0.25) is 0 Å². The number of H-pyrrole nitrogens is 1. The lowest BCUT2D eigenvalue weighted by Crippen LogP contribution is -1.96. The van der Waals surface area contributed by atoms with Gasteiger partial charge in [0.05, 0.1) is 24.8 Å². The fourth-order valence-electron chi connectivity index (χ4n) is 1.60. The largest absolute Gasteiger partial charge is 0.493 e. The van der Waals surface area contributed by atoms with Gasteiger partial charge in [-0.2, -0.15) is 0 Å². The Hall–Kier alpha value is -1.77. The summed E-state index contributed by atoms with van der Waals surface area (Å²) in [7, 11) is 0. The molecule has 1 aromatic heterocycles. The zero-order valence-corrected chi connectivity index (χ0v) is 9.66. The molecular formula is C13H16N2O. The number of hydrogen-bond donors (Lipinski definition) is 1. The maximum absolute atomic E-state index is 5.63. The van der Waals surface area contributed by atoms with Crippen molar-refractivity contribution >= 4 is 0 Å². The lowest BCUT2D eigenvalue weighted by molar-refractivity contribution is 0.315. The zero-order chi connectivity index (χ0) is 11.4. The Labute approximate surface area is 95.5 Å². The van der Waals surface area contributed by atoms with E-state index in [1.165, 1.54) is 0 Å². The number of hydrogen-bond acceptors (Lipinski definition) is 2. The fraction of sp³-hybridized carbons (Fsp3) is 0.308. The van der Waals surface area contributed by atoms with Gasteiger partial charge >= 0.3 is 0 Å². The van der Waals surface area contributed by atoms with Crippen LogP contribution in [0.5, 0.6) is 5.75 Å². The summed E-state index contributed by atoms with van der Waals surface area (Å²) in [6.07, 6.45) is 4.54. The Bertz CT molecular complexity index is 449. The minimum atomic E-state index is 0.768. The molecule has 84 valence electrons. The molecule has 3 heteroatoms. The summed E-state index contributed by atoms with van der Waals surface area (Å²) < 4.78 is 5.63. The second-order valence-electron chi connectivity index (χ2n) is 3.79. The smallest absolute Gasteiger partial charge is 0.122 e. The highest BCUT2D eigenvalue weighted by Crippen LogP contribution is 2.24. The molecule has 0 amide bonds. The van der Waals surface area contributed by atoms with Crippen molar-refractivity contribution in [2.75, 3.05) is 6.61 Å². The van der Waals surface area contributed by atoms with Crippen molar-refractivity contribution in [1.29, 1.82) is 0 Å². The van der Waals surface area contributed by atoms with Crippen LogP contribution in [0.25, 0.3) is 11.3 Å². The van der Waals surface area contributed by atoms with Crippen LogP contribution >= 0.6 is 0 Å². The van der Waals surface area contributed by atoms with E-state index in [1.54, 1.807) is 6.33 Å². The molecule has 0 aliphatic carbocycles. The van der Waals surface area contributed by atoms with Crippen LogP contribution in [-0.2, 0) is 0 Å². The average Bonchev–Trinajstić information content (AvgIpc) is 2.81. The van der Waals surface area contributed by atoms with E-state index in [0.717, 1.165) is 35.6 Å². The predicted molar refractivity (Wildman–Crippen MR) is 64.5 cm³/mol. The molecular weight excluding hydrogens is 200 g/mol. The first-order chi connectivity index (χ1) is 7.81. The molecule has 16 heavy (non-hydrogen) atoms. The van der Waals surface area contributed by atoms with Crippen molar-refractivity contribution in [1.82, 2.24) is 9.97 Å². The minimum Gasteiger partial charge on any atom is -0.493 e. The number of aromatic nitrogens is 2. The first-order valence-corrected chi connectivity index (χ1v) is 5.53. The van der Waals surface area contributed by atoms with E-state index in [2.05, 4.69) is 29.9 Å². The molecule has 1 N–H and O–H groups in total. The third-order valence-electron chi connectivity index (χ3n) is 2.45. The van der Waals surface area contributed by atoms with Gasteiger partial charge in [0.15, 0.2) is 0 Å². The first-order valence-electron chi connectivity index (χ1n) is 5.53. The summed E-state index contributed by atoms with van der Waals surface area (Å²) in [5, 5.41) is 0. The van der Waals surface area contributed by atoms with Gasteiger partial charge in [-0.25, -0.2) is 4.98 Å². The Morgan fingerprint density at radius 1 is 1.38 bits per heavy atom. The molecule has 0 saturated carbocycles. The maximum Gasteiger partial charge on any atom is 0.122 e. The van der Waals surface area contributed by atoms with Crippen LogP contribution in [0.15, 0.2) is 30.7 Å². The molecule has 0 spiro atoms. The van der Waals surface area contributed by atoms with Crippen LogP contribution in [0.1, 0.15) is 18.9 Å². The highest BCUT2D eigenvalue weighted by atomic mass is 16.5. The number of nitrogens with one attached hydrogen (secondary N) is 1. The summed E-state index contributed by atoms with van der Waals surface area (Å²) in [6, 6.07) is 6.17. The summed E-state index contributed by atoms with van der Waals surface area (Å²) >= 11 is 0. The molecule has 2 rings (SSSR count). The standard InChI is InChI=1S/C13H16N2O/c1-3-6-16-13-5-4-11(7-10(13)2)12-8-14-9-15-12/h4-5,7-9H,3,6H2,1-2H3,(H,14,15). The Balaban J connectivity index is 2.23. The van der Waals surface area contributed by atoms with E-state index in [-0.39, 0.29) is 0 Å². The SMILES string of the molecule is CCCOc1ccc(-c2cnc[nH]2)cc1C. The van der Waals surface area contributed by atoms with Crippen molar-refractivity contribution in [2.24, 2.45) is 0 Å². The van der Waals surface area contributed by atoms with Crippen LogP contribution in [0.4, 0.5) is 0 Å². The molecule has 1 heterocycles. The normalized spacial score (nSPS) is 10.4. The Kier molecular flexibility index (Phi) is 3.25. The van der Waals surface area contributed by atoms with Crippen molar-refractivity contribution in [2.45, 2.75) is 20.3 Å². The fourth-order valence-corrected chi connectivity index (χ4v) is 1.60. The molecule has 0 atom stereocenters. The number of benzene rings is 1. The van der Waals surface area contributed by atoms with E-state index in [0.29, 0.717) is 0 Å². The van der Waals surface area contributed by atoms with Crippen LogP contribution in [0, 0.1) is 6.92 Å². The van der Waals surface area contributed by atoms with Gasteiger partial charge in [-0.3, -0.25) is 0 Å². The molecule has 3 nitrogen and oxygen atoms in total. The lowest BCUT2D eigenvalue weighted by Gasteiger charge is -2.09. The molecule has 0 unspecified atom stereocenters. The average molecular weight is 216 g/mol. The van der Waals surface area contributed by atoms with Crippen LogP contribution in [-0.4, -0.2) is 16.6 Å². The quantitative estimate of drug-likeness (QED) is 0.852. The monoisotopic (exact) mass is 216 g/mol. The van der Waals surface area contributed by atoms with E-state index in [9.17, 15) is 0 Å². The lowest BCUT2D eigenvalue weighted by atomic mass is 10.1. The van der Waals surface area contributed by atoms with Crippen molar-refractivity contribution in [3.8, 4) is 17.0 Å². The van der Waals surface area contributed by atoms with Gasteiger partial charge in [0.25, 0.3) is 0 Å². The van der Waals surface area contributed by atoms with E-state index < -0.39 is 0 Å². The van der Waals surface area contributed by atoms with Gasteiger partial charge in [0.1, 0.15) is 5.75 Å². The number of imidazole rings is 1. The Morgan fingerprint density at radius 2 is 2.25 bits per heavy atom. The summed E-state index contributed by atoms with van der Waals surface area (Å²) in [5.74, 6) is 0.963. The Morgan fingerprint density at radius 3 is 2.88 bits per heavy atom. The third kappa shape index (κ3) is 2.24. The predicted octanol–water partition coefficient (Wildman–Crippen LogP) is 3.17. The molecule has 0 fully saturated rings. The highest BCUT2D eigenvalue weighted by Gasteiger charge is 2.03. The molecule has 0 radical (unpaired) electrons. The van der Waals surface area contributed by atoms with Crippen molar-refractivity contribution < 1.29 is 4.74 Å². The number of rotatable bonds is 4. The topological polar surface area (TPSA) is 37.9 Å². The summed E-state index contributed by atoms with van der Waals surface area (Å²) in [5.41, 5.74) is 3.32. The number of nitrogens with zero attached hydrogens (tertiary/aromatic N) is 1. The van der Waals surface area contributed by atoms with Crippen LogP contribution in [0.2, 0.25) is 0 Å².